The van der Waals surface area contributed by atoms with Crippen LogP contribution in [0.5, 0.6) is 0 Å². The SMILES string of the molecule is CC1(NS(=O)(=O)c2cccc(F)c2[N+](=O)[O-])CCOCC1. The monoisotopic (exact) mass is 318 g/mol. The lowest BCUT2D eigenvalue weighted by molar-refractivity contribution is -0.390. The molecule has 0 unspecified atom stereocenters. The van der Waals surface area contributed by atoms with Crippen LogP contribution in [0.3, 0.4) is 0 Å². The zero-order valence-electron chi connectivity index (χ0n) is 11.3. The van der Waals surface area contributed by atoms with Crippen molar-refractivity contribution >= 4 is 15.7 Å². The summed E-state index contributed by atoms with van der Waals surface area (Å²) in [7, 11) is -4.20. The fraction of sp³-hybridized carbons (Fsp3) is 0.500. The van der Waals surface area contributed by atoms with E-state index in [1.807, 2.05) is 0 Å². The van der Waals surface area contributed by atoms with Crippen molar-refractivity contribution in [2.45, 2.75) is 30.2 Å². The first-order valence-electron chi connectivity index (χ1n) is 6.30. The van der Waals surface area contributed by atoms with E-state index in [0.717, 1.165) is 18.2 Å². The molecule has 116 valence electrons. The van der Waals surface area contributed by atoms with Gasteiger partial charge in [-0.2, -0.15) is 4.39 Å². The number of rotatable bonds is 4. The number of ether oxygens (including phenoxy) is 1. The number of nitrogens with one attached hydrogen (secondary N) is 1. The van der Waals surface area contributed by atoms with E-state index in [-0.39, 0.29) is 0 Å². The van der Waals surface area contributed by atoms with Gasteiger partial charge >= 0.3 is 5.69 Å². The van der Waals surface area contributed by atoms with Gasteiger partial charge in [-0.3, -0.25) is 10.1 Å². The van der Waals surface area contributed by atoms with E-state index < -0.39 is 36.9 Å². The highest BCUT2D eigenvalue weighted by Crippen LogP contribution is 2.29. The molecule has 7 nitrogen and oxygen atoms in total. The third kappa shape index (κ3) is 3.36. The number of halogens is 1. The van der Waals surface area contributed by atoms with E-state index in [4.69, 9.17) is 4.74 Å². The minimum atomic E-state index is -4.20. The maximum Gasteiger partial charge on any atom is 0.324 e. The van der Waals surface area contributed by atoms with Gasteiger partial charge in [0.05, 0.1) is 4.92 Å². The molecule has 0 saturated carbocycles. The number of para-hydroxylation sites is 1. The Hall–Kier alpha value is -1.58. The normalized spacial score (nSPS) is 18.4. The van der Waals surface area contributed by atoms with Crippen molar-refractivity contribution in [1.82, 2.24) is 4.72 Å². The van der Waals surface area contributed by atoms with Crippen LogP contribution in [0.4, 0.5) is 10.1 Å². The number of nitro benzene ring substituents is 1. The van der Waals surface area contributed by atoms with Crippen LogP contribution in [0, 0.1) is 15.9 Å². The lowest BCUT2D eigenvalue weighted by Gasteiger charge is -2.33. The molecule has 1 N–H and O–H groups in total. The third-order valence-corrected chi connectivity index (χ3v) is 5.07. The van der Waals surface area contributed by atoms with Gasteiger partial charge in [0, 0.05) is 18.8 Å². The number of nitrogens with zero attached hydrogens (tertiary/aromatic N) is 1. The Balaban J connectivity index is 2.40. The zero-order valence-corrected chi connectivity index (χ0v) is 12.2. The Morgan fingerprint density at radius 1 is 1.38 bits per heavy atom. The van der Waals surface area contributed by atoms with Crippen LogP contribution in [-0.4, -0.2) is 32.1 Å². The fourth-order valence-electron chi connectivity index (χ4n) is 2.19. The molecule has 1 aromatic rings. The third-order valence-electron chi connectivity index (χ3n) is 3.40. The Kier molecular flexibility index (Phi) is 4.26. The van der Waals surface area contributed by atoms with Crippen LogP contribution in [-0.2, 0) is 14.8 Å². The molecule has 1 aliphatic heterocycles. The molecule has 1 heterocycles. The predicted octanol–water partition coefficient (Wildman–Crippen LogP) is 1.58. The average molecular weight is 318 g/mol. The van der Waals surface area contributed by atoms with E-state index >= 15 is 0 Å². The van der Waals surface area contributed by atoms with Crippen molar-refractivity contribution in [3.8, 4) is 0 Å². The second-order valence-corrected chi connectivity index (χ2v) is 6.77. The van der Waals surface area contributed by atoms with Gasteiger partial charge in [-0.25, -0.2) is 13.1 Å². The van der Waals surface area contributed by atoms with Crippen molar-refractivity contribution in [1.29, 1.82) is 0 Å². The number of nitro groups is 1. The van der Waals surface area contributed by atoms with Crippen molar-refractivity contribution in [3.05, 3.63) is 34.1 Å². The second kappa shape index (κ2) is 5.66. The molecule has 0 radical (unpaired) electrons. The maximum atomic E-state index is 13.6. The molecule has 21 heavy (non-hydrogen) atoms. The summed E-state index contributed by atoms with van der Waals surface area (Å²) in [6.07, 6.45) is 0.880. The first kappa shape index (κ1) is 15.8. The molecule has 0 atom stereocenters. The minimum absolute atomic E-state index is 0.393. The summed E-state index contributed by atoms with van der Waals surface area (Å²) in [5.74, 6) is -1.18. The molecular weight excluding hydrogens is 303 g/mol. The molecule has 1 aliphatic rings. The topological polar surface area (TPSA) is 98.5 Å². The van der Waals surface area contributed by atoms with Gasteiger partial charge in [0.15, 0.2) is 4.90 Å². The first-order valence-corrected chi connectivity index (χ1v) is 7.78. The van der Waals surface area contributed by atoms with Crippen molar-refractivity contribution < 1.29 is 22.5 Å². The number of hydrogen-bond acceptors (Lipinski definition) is 5. The first-order chi connectivity index (χ1) is 9.75. The Morgan fingerprint density at radius 2 is 2.00 bits per heavy atom. The minimum Gasteiger partial charge on any atom is -0.381 e. The van der Waals surface area contributed by atoms with Gasteiger partial charge in [0.1, 0.15) is 0 Å². The fourth-order valence-corrected chi connectivity index (χ4v) is 3.84. The largest absolute Gasteiger partial charge is 0.381 e. The second-order valence-electron chi connectivity index (χ2n) is 5.12. The van der Waals surface area contributed by atoms with Gasteiger partial charge < -0.3 is 4.74 Å². The summed E-state index contributed by atoms with van der Waals surface area (Å²) in [5, 5.41) is 10.9. The molecule has 1 fully saturated rings. The quantitative estimate of drug-likeness (QED) is 0.671. The summed E-state index contributed by atoms with van der Waals surface area (Å²) < 4.78 is 45.9. The van der Waals surface area contributed by atoms with Gasteiger partial charge in [0.25, 0.3) is 0 Å². The maximum absolute atomic E-state index is 13.6. The van der Waals surface area contributed by atoms with Crippen LogP contribution < -0.4 is 4.72 Å². The van der Waals surface area contributed by atoms with Crippen LogP contribution in [0.2, 0.25) is 0 Å². The lowest BCUT2D eigenvalue weighted by atomic mass is 9.94. The smallest absolute Gasteiger partial charge is 0.324 e. The molecule has 0 amide bonds. The van der Waals surface area contributed by atoms with E-state index in [0.29, 0.717) is 26.1 Å². The molecule has 0 bridgehead atoms. The van der Waals surface area contributed by atoms with E-state index in [2.05, 4.69) is 4.72 Å². The van der Waals surface area contributed by atoms with Crippen molar-refractivity contribution in [2.24, 2.45) is 0 Å². The van der Waals surface area contributed by atoms with Gasteiger partial charge in [-0.1, -0.05) is 6.07 Å². The van der Waals surface area contributed by atoms with Crippen LogP contribution in [0.25, 0.3) is 0 Å². The van der Waals surface area contributed by atoms with E-state index in [1.165, 1.54) is 0 Å². The summed E-state index contributed by atoms with van der Waals surface area (Å²) in [4.78, 5) is 9.22. The Bertz CT molecular complexity index is 656. The molecule has 0 aliphatic carbocycles. The van der Waals surface area contributed by atoms with E-state index in [1.54, 1.807) is 6.92 Å². The molecular formula is C12H15FN2O5S. The number of benzene rings is 1. The standard InChI is InChI=1S/C12H15FN2O5S/c1-12(5-7-20-8-6-12)14-21(18,19)10-4-2-3-9(13)11(10)15(16)17/h2-4,14H,5-8H2,1H3. The molecule has 9 heteroatoms. The van der Waals surface area contributed by atoms with Crippen LogP contribution in [0.15, 0.2) is 23.1 Å². The van der Waals surface area contributed by atoms with Gasteiger partial charge in [0.2, 0.25) is 15.8 Å². The summed E-state index contributed by atoms with van der Waals surface area (Å²) in [5.41, 5.74) is -1.81. The zero-order chi connectivity index (χ0) is 15.7. The molecule has 2 rings (SSSR count). The average Bonchev–Trinajstić information content (AvgIpc) is 2.37. The molecule has 0 spiro atoms. The van der Waals surface area contributed by atoms with E-state index in [9.17, 15) is 22.9 Å². The number of sulfonamides is 1. The van der Waals surface area contributed by atoms with Gasteiger partial charge in [-0.15, -0.1) is 0 Å². The highest BCUT2D eigenvalue weighted by Gasteiger charge is 2.36. The van der Waals surface area contributed by atoms with Crippen molar-refractivity contribution in [3.63, 3.8) is 0 Å². The molecule has 1 saturated heterocycles. The lowest BCUT2D eigenvalue weighted by Crippen LogP contribution is -2.49. The predicted molar refractivity (Wildman–Crippen MR) is 71.8 cm³/mol. The summed E-state index contributed by atoms with van der Waals surface area (Å²) >= 11 is 0. The highest BCUT2D eigenvalue weighted by molar-refractivity contribution is 7.89. The highest BCUT2D eigenvalue weighted by atomic mass is 32.2. The summed E-state index contributed by atoms with van der Waals surface area (Å²) in [6, 6.07) is 3.00. The molecule has 0 aromatic heterocycles. The van der Waals surface area contributed by atoms with Crippen LogP contribution in [0.1, 0.15) is 19.8 Å². The van der Waals surface area contributed by atoms with Crippen LogP contribution >= 0.6 is 0 Å². The Morgan fingerprint density at radius 3 is 2.57 bits per heavy atom. The number of hydrogen-bond donors (Lipinski definition) is 1. The summed E-state index contributed by atoms with van der Waals surface area (Å²) in [6.45, 7) is 2.48. The molecule has 1 aromatic carbocycles. The van der Waals surface area contributed by atoms with Crippen molar-refractivity contribution in [2.75, 3.05) is 13.2 Å². The van der Waals surface area contributed by atoms with Gasteiger partial charge in [-0.05, 0) is 31.9 Å². The Labute approximate surface area is 121 Å².